The molecular formula is C12H25NO3. The lowest BCUT2D eigenvalue weighted by Gasteiger charge is -2.12. The van der Waals surface area contributed by atoms with Crippen molar-refractivity contribution < 1.29 is 14.6 Å². The molecule has 4 heteroatoms. The maximum absolute atomic E-state index is 10.8. The van der Waals surface area contributed by atoms with E-state index in [0.717, 1.165) is 13.0 Å². The van der Waals surface area contributed by atoms with Crippen LogP contribution in [0.3, 0.4) is 0 Å². The molecule has 1 atom stereocenters. The topological polar surface area (TPSA) is 58.6 Å². The molecule has 0 bridgehead atoms. The van der Waals surface area contributed by atoms with Gasteiger partial charge in [-0.3, -0.25) is 4.79 Å². The van der Waals surface area contributed by atoms with Gasteiger partial charge in [0.25, 0.3) is 0 Å². The highest BCUT2D eigenvalue weighted by Gasteiger charge is 2.14. The Morgan fingerprint density at radius 3 is 2.56 bits per heavy atom. The number of hydrogen-bond donors (Lipinski definition) is 2. The predicted molar refractivity (Wildman–Crippen MR) is 64.7 cm³/mol. The molecule has 0 aliphatic heterocycles. The maximum atomic E-state index is 10.8. The number of rotatable bonds is 11. The van der Waals surface area contributed by atoms with Gasteiger partial charge in [-0.2, -0.15) is 0 Å². The zero-order chi connectivity index (χ0) is 12.2. The molecule has 0 aromatic rings. The van der Waals surface area contributed by atoms with Crippen LogP contribution in [0.15, 0.2) is 0 Å². The van der Waals surface area contributed by atoms with Crippen LogP contribution < -0.4 is 5.32 Å². The number of ether oxygens (including phenoxy) is 1. The van der Waals surface area contributed by atoms with Gasteiger partial charge in [-0.25, -0.2) is 0 Å². The number of carbonyl (C=O) groups is 1. The second-order valence-electron chi connectivity index (χ2n) is 3.91. The number of carboxylic acids is 1. The van der Waals surface area contributed by atoms with Gasteiger partial charge in [-0.05, 0) is 19.4 Å². The fraction of sp³-hybridized carbons (Fsp3) is 0.917. The molecule has 0 saturated carbocycles. The molecule has 16 heavy (non-hydrogen) atoms. The molecule has 0 spiro atoms. The van der Waals surface area contributed by atoms with Crippen molar-refractivity contribution >= 4 is 5.97 Å². The van der Waals surface area contributed by atoms with Crippen molar-refractivity contribution in [3.8, 4) is 0 Å². The minimum absolute atomic E-state index is 0.472. The van der Waals surface area contributed by atoms with Crippen LogP contribution >= 0.6 is 0 Å². The normalized spacial score (nSPS) is 12.6. The van der Waals surface area contributed by atoms with E-state index in [1.165, 1.54) is 19.3 Å². The molecule has 0 fully saturated rings. The third kappa shape index (κ3) is 8.68. The molecular weight excluding hydrogens is 206 g/mol. The van der Waals surface area contributed by atoms with E-state index in [2.05, 4.69) is 12.2 Å². The summed E-state index contributed by atoms with van der Waals surface area (Å²) in [4.78, 5) is 10.8. The molecule has 2 N–H and O–H groups in total. The summed E-state index contributed by atoms with van der Waals surface area (Å²) >= 11 is 0. The average Bonchev–Trinajstić information content (AvgIpc) is 2.26. The first-order valence-electron chi connectivity index (χ1n) is 6.26. The number of likely N-dealkylation sites (N-methyl/N-ethyl adjacent to an activating group) is 1. The number of nitrogens with one attached hydrogen (secondary N) is 1. The van der Waals surface area contributed by atoms with Crippen LogP contribution in [0.4, 0.5) is 0 Å². The summed E-state index contributed by atoms with van der Waals surface area (Å²) in [7, 11) is 0. The van der Waals surface area contributed by atoms with Gasteiger partial charge >= 0.3 is 5.97 Å². The summed E-state index contributed by atoms with van der Waals surface area (Å²) in [6, 6.07) is -0.472. The van der Waals surface area contributed by atoms with Crippen molar-refractivity contribution in [3.05, 3.63) is 0 Å². The Morgan fingerprint density at radius 2 is 2.00 bits per heavy atom. The van der Waals surface area contributed by atoms with Crippen LogP contribution in [0.1, 0.15) is 46.0 Å². The summed E-state index contributed by atoms with van der Waals surface area (Å²) < 4.78 is 5.40. The third-order valence-corrected chi connectivity index (χ3v) is 2.44. The summed E-state index contributed by atoms with van der Waals surface area (Å²) in [5, 5.41) is 11.8. The zero-order valence-electron chi connectivity index (χ0n) is 10.5. The van der Waals surface area contributed by atoms with E-state index in [4.69, 9.17) is 9.84 Å². The maximum Gasteiger partial charge on any atom is 0.320 e. The van der Waals surface area contributed by atoms with Crippen molar-refractivity contribution in [1.29, 1.82) is 0 Å². The van der Waals surface area contributed by atoms with Crippen LogP contribution in [0, 0.1) is 0 Å². The monoisotopic (exact) mass is 231 g/mol. The molecule has 0 saturated heterocycles. The molecule has 96 valence electrons. The molecule has 4 nitrogen and oxygen atoms in total. The van der Waals surface area contributed by atoms with Crippen molar-refractivity contribution in [2.24, 2.45) is 0 Å². The van der Waals surface area contributed by atoms with Gasteiger partial charge in [0, 0.05) is 13.2 Å². The lowest BCUT2D eigenvalue weighted by Crippen LogP contribution is -2.37. The van der Waals surface area contributed by atoms with Gasteiger partial charge in [0.1, 0.15) is 6.04 Å². The average molecular weight is 231 g/mol. The van der Waals surface area contributed by atoms with Crippen LogP contribution in [-0.2, 0) is 9.53 Å². The van der Waals surface area contributed by atoms with Crippen molar-refractivity contribution in [3.63, 3.8) is 0 Å². The quantitative estimate of drug-likeness (QED) is 0.534. The minimum atomic E-state index is -0.795. The van der Waals surface area contributed by atoms with Crippen LogP contribution in [0.25, 0.3) is 0 Å². The van der Waals surface area contributed by atoms with Gasteiger partial charge in [0.2, 0.25) is 0 Å². The van der Waals surface area contributed by atoms with Crippen LogP contribution in [0.2, 0.25) is 0 Å². The van der Waals surface area contributed by atoms with E-state index in [1.807, 2.05) is 6.92 Å². The SMILES string of the molecule is CCCCCCOCCC(NCC)C(=O)O. The Kier molecular flexibility index (Phi) is 10.5. The third-order valence-electron chi connectivity index (χ3n) is 2.44. The smallest absolute Gasteiger partial charge is 0.320 e. The zero-order valence-corrected chi connectivity index (χ0v) is 10.5. The molecule has 1 unspecified atom stereocenters. The largest absolute Gasteiger partial charge is 0.480 e. The first kappa shape index (κ1) is 15.4. The Morgan fingerprint density at radius 1 is 1.25 bits per heavy atom. The van der Waals surface area contributed by atoms with E-state index >= 15 is 0 Å². The lowest BCUT2D eigenvalue weighted by molar-refractivity contribution is -0.140. The number of carboxylic acid groups (broad SMARTS) is 1. The number of aliphatic carboxylic acids is 1. The second kappa shape index (κ2) is 10.9. The summed E-state index contributed by atoms with van der Waals surface area (Å²) in [6.45, 7) is 6.03. The summed E-state index contributed by atoms with van der Waals surface area (Å²) in [5.41, 5.74) is 0. The highest BCUT2D eigenvalue weighted by atomic mass is 16.5. The van der Waals surface area contributed by atoms with Crippen LogP contribution in [0.5, 0.6) is 0 Å². The fourth-order valence-corrected chi connectivity index (χ4v) is 1.49. The van der Waals surface area contributed by atoms with Gasteiger partial charge < -0.3 is 15.2 Å². The molecule has 0 aromatic heterocycles. The Bertz CT molecular complexity index is 174. The number of unbranched alkanes of at least 4 members (excludes halogenated alkanes) is 3. The van der Waals surface area contributed by atoms with Gasteiger partial charge in [-0.1, -0.05) is 33.1 Å². The van der Waals surface area contributed by atoms with E-state index in [-0.39, 0.29) is 0 Å². The van der Waals surface area contributed by atoms with E-state index < -0.39 is 12.0 Å². The van der Waals surface area contributed by atoms with E-state index in [0.29, 0.717) is 19.6 Å². The fourth-order valence-electron chi connectivity index (χ4n) is 1.49. The summed E-state index contributed by atoms with van der Waals surface area (Å²) in [5.74, 6) is -0.795. The Balaban J connectivity index is 3.37. The lowest BCUT2D eigenvalue weighted by atomic mass is 10.2. The minimum Gasteiger partial charge on any atom is -0.480 e. The van der Waals surface area contributed by atoms with Crippen molar-refractivity contribution in [2.45, 2.75) is 52.0 Å². The van der Waals surface area contributed by atoms with Crippen molar-refractivity contribution in [2.75, 3.05) is 19.8 Å². The molecule has 0 radical (unpaired) electrons. The van der Waals surface area contributed by atoms with E-state index in [9.17, 15) is 4.79 Å². The first-order chi connectivity index (χ1) is 7.72. The molecule has 0 aromatic carbocycles. The van der Waals surface area contributed by atoms with Crippen molar-refractivity contribution in [1.82, 2.24) is 5.32 Å². The molecule has 0 heterocycles. The molecule has 0 aliphatic rings. The summed E-state index contributed by atoms with van der Waals surface area (Å²) in [6.07, 6.45) is 5.29. The Hall–Kier alpha value is -0.610. The number of hydrogen-bond acceptors (Lipinski definition) is 3. The molecule has 0 aliphatic carbocycles. The second-order valence-corrected chi connectivity index (χ2v) is 3.91. The molecule has 0 rings (SSSR count). The highest BCUT2D eigenvalue weighted by Crippen LogP contribution is 2.00. The highest BCUT2D eigenvalue weighted by molar-refractivity contribution is 5.73. The van der Waals surface area contributed by atoms with Crippen LogP contribution in [-0.4, -0.2) is 36.9 Å². The molecule has 0 amide bonds. The predicted octanol–water partition coefficient (Wildman–Crippen LogP) is 2.04. The van der Waals surface area contributed by atoms with Gasteiger partial charge in [0.15, 0.2) is 0 Å². The Labute approximate surface area is 98.4 Å². The van der Waals surface area contributed by atoms with Gasteiger partial charge in [-0.15, -0.1) is 0 Å². The van der Waals surface area contributed by atoms with E-state index in [1.54, 1.807) is 0 Å². The first-order valence-corrected chi connectivity index (χ1v) is 6.26. The van der Waals surface area contributed by atoms with Gasteiger partial charge in [0.05, 0.1) is 0 Å². The standard InChI is InChI=1S/C12H25NO3/c1-3-5-6-7-9-16-10-8-11(12(14)15)13-4-2/h11,13H,3-10H2,1-2H3,(H,14,15).